The number of hydrogen-bond acceptors (Lipinski definition) is 4. The second kappa shape index (κ2) is 9.35. The number of rotatable bonds is 7. The molecule has 0 aromatic carbocycles. The van der Waals surface area contributed by atoms with Crippen molar-refractivity contribution >= 4 is 17.5 Å². The first-order valence-corrected chi connectivity index (χ1v) is 8.55. The van der Waals surface area contributed by atoms with Gasteiger partial charge in [0.05, 0.1) is 11.9 Å². The fourth-order valence-electron chi connectivity index (χ4n) is 2.78. The first kappa shape index (κ1) is 17.5. The predicted molar refractivity (Wildman–Crippen MR) is 94.9 cm³/mol. The van der Waals surface area contributed by atoms with E-state index in [0.717, 1.165) is 43.9 Å². The summed E-state index contributed by atoms with van der Waals surface area (Å²) in [5, 5.41) is 9.17. The fourth-order valence-corrected chi connectivity index (χ4v) is 2.78. The minimum atomic E-state index is -0.134. The van der Waals surface area contributed by atoms with Gasteiger partial charge in [0, 0.05) is 12.6 Å². The van der Waals surface area contributed by atoms with Crippen molar-refractivity contribution < 1.29 is 4.79 Å². The summed E-state index contributed by atoms with van der Waals surface area (Å²) < 4.78 is 0. The number of carbonyl (C=O) groups excluding carboxylic acids is 1. The van der Waals surface area contributed by atoms with Crippen molar-refractivity contribution in [1.82, 2.24) is 15.2 Å². The van der Waals surface area contributed by atoms with Crippen LogP contribution in [0.3, 0.4) is 0 Å². The molecule has 0 bridgehead atoms. The van der Waals surface area contributed by atoms with Crippen molar-refractivity contribution in [1.29, 1.82) is 0 Å². The van der Waals surface area contributed by atoms with Gasteiger partial charge in [0.1, 0.15) is 5.82 Å². The molecule has 2 amide bonds. The Morgan fingerprint density at radius 1 is 1.26 bits per heavy atom. The van der Waals surface area contributed by atoms with E-state index in [0.29, 0.717) is 6.04 Å². The van der Waals surface area contributed by atoms with Crippen LogP contribution in [0.5, 0.6) is 0 Å². The lowest BCUT2D eigenvalue weighted by atomic mass is 9.96. The van der Waals surface area contributed by atoms with Gasteiger partial charge in [-0.05, 0) is 52.0 Å². The molecule has 0 radical (unpaired) electrons. The summed E-state index contributed by atoms with van der Waals surface area (Å²) in [5.74, 6) is 0.835. The van der Waals surface area contributed by atoms with Gasteiger partial charge in [0.25, 0.3) is 0 Å². The highest BCUT2D eigenvalue weighted by molar-refractivity contribution is 5.89. The lowest BCUT2D eigenvalue weighted by Gasteiger charge is -2.22. The second-order valence-corrected chi connectivity index (χ2v) is 6.45. The Bertz CT molecular complexity index is 468. The highest BCUT2D eigenvalue weighted by atomic mass is 16.2. The number of amides is 2. The minimum absolute atomic E-state index is 0.134. The highest BCUT2D eigenvalue weighted by Gasteiger charge is 2.15. The van der Waals surface area contributed by atoms with Crippen LogP contribution in [-0.4, -0.2) is 49.1 Å². The molecule has 1 heterocycles. The largest absolute Gasteiger partial charge is 0.370 e. The van der Waals surface area contributed by atoms with Crippen LogP contribution < -0.4 is 16.0 Å². The maximum atomic E-state index is 12.0. The van der Waals surface area contributed by atoms with E-state index >= 15 is 0 Å². The first-order chi connectivity index (χ1) is 11.1. The van der Waals surface area contributed by atoms with Gasteiger partial charge in [-0.15, -0.1) is 0 Å². The second-order valence-electron chi connectivity index (χ2n) is 6.45. The maximum Gasteiger partial charge on any atom is 0.319 e. The molecule has 1 aromatic heterocycles. The molecule has 1 saturated carbocycles. The standard InChI is InChI=1S/C17H29N5O/c1-22(2)12-6-11-18-16-10-9-15(13-19-16)21-17(23)20-14-7-4-3-5-8-14/h9-10,13-14H,3-8,11-12H2,1-2H3,(H,18,19)(H2,20,21,23). The molecular formula is C17H29N5O. The van der Waals surface area contributed by atoms with Crippen LogP contribution >= 0.6 is 0 Å². The van der Waals surface area contributed by atoms with E-state index < -0.39 is 0 Å². The van der Waals surface area contributed by atoms with E-state index in [1.807, 2.05) is 12.1 Å². The van der Waals surface area contributed by atoms with Crippen LogP contribution in [0.15, 0.2) is 18.3 Å². The molecule has 1 fully saturated rings. The first-order valence-electron chi connectivity index (χ1n) is 8.55. The maximum absolute atomic E-state index is 12.0. The number of anilines is 2. The van der Waals surface area contributed by atoms with Gasteiger partial charge in [-0.2, -0.15) is 0 Å². The molecule has 1 aromatic rings. The topological polar surface area (TPSA) is 69.3 Å². The number of nitrogens with zero attached hydrogens (tertiary/aromatic N) is 2. The quantitative estimate of drug-likeness (QED) is 0.676. The monoisotopic (exact) mass is 319 g/mol. The van der Waals surface area contributed by atoms with Gasteiger partial charge in [0.15, 0.2) is 0 Å². The third-order valence-electron chi connectivity index (χ3n) is 4.05. The molecule has 3 N–H and O–H groups in total. The summed E-state index contributed by atoms with van der Waals surface area (Å²) >= 11 is 0. The molecule has 128 valence electrons. The summed E-state index contributed by atoms with van der Waals surface area (Å²) in [4.78, 5) is 18.5. The fraction of sp³-hybridized carbons (Fsp3) is 0.647. The molecule has 6 heteroatoms. The molecule has 6 nitrogen and oxygen atoms in total. The van der Waals surface area contributed by atoms with E-state index in [1.54, 1.807) is 6.20 Å². The van der Waals surface area contributed by atoms with Crippen molar-refractivity contribution in [3.63, 3.8) is 0 Å². The lowest BCUT2D eigenvalue weighted by molar-refractivity contribution is 0.244. The Hall–Kier alpha value is -1.82. The van der Waals surface area contributed by atoms with Crippen LogP contribution in [0, 0.1) is 0 Å². The van der Waals surface area contributed by atoms with Gasteiger partial charge in [0.2, 0.25) is 0 Å². The SMILES string of the molecule is CN(C)CCCNc1ccc(NC(=O)NC2CCCCC2)cn1. The van der Waals surface area contributed by atoms with Crippen molar-refractivity contribution in [2.45, 2.75) is 44.6 Å². The Balaban J connectivity index is 1.70. The van der Waals surface area contributed by atoms with Gasteiger partial charge < -0.3 is 20.9 Å². The number of carbonyl (C=O) groups is 1. The summed E-state index contributed by atoms with van der Waals surface area (Å²) in [7, 11) is 4.13. The molecule has 0 saturated heterocycles. The third-order valence-corrected chi connectivity index (χ3v) is 4.05. The Morgan fingerprint density at radius 3 is 2.70 bits per heavy atom. The van der Waals surface area contributed by atoms with E-state index in [1.165, 1.54) is 19.3 Å². The smallest absolute Gasteiger partial charge is 0.319 e. The van der Waals surface area contributed by atoms with Gasteiger partial charge in [-0.25, -0.2) is 9.78 Å². The summed E-state index contributed by atoms with van der Waals surface area (Å²) in [6.07, 6.45) is 8.63. The third kappa shape index (κ3) is 6.86. The molecule has 23 heavy (non-hydrogen) atoms. The molecule has 1 aliphatic carbocycles. The Morgan fingerprint density at radius 2 is 2.04 bits per heavy atom. The van der Waals surface area contributed by atoms with Crippen LogP contribution in [-0.2, 0) is 0 Å². The molecule has 0 unspecified atom stereocenters. The van der Waals surface area contributed by atoms with Crippen LogP contribution in [0.2, 0.25) is 0 Å². The van der Waals surface area contributed by atoms with Crippen molar-refractivity contribution in [3.8, 4) is 0 Å². The minimum Gasteiger partial charge on any atom is -0.370 e. The summed E-state index contributed by atoms with van der Waals surface area (Å²) in [6, 6.07) is 3.95. The van der Waals surface area contributed by atoms with Crippen molar-refractivity contribution in [3.05, 3.63) is 18.3 Å². The van der Waals surface area contributed by atoms with E-state index in [4.69, 9.17) is 0 Å². The average molecular weight is 319 g/mol. The summed E-state index contributed by atoms with van der Waals surface area (Å²) in [5.41, 5.74) is 0.720. The Labute approximate surface area is 139 Å². The normalized spacial score (nSPS) is 15.4. The van der Waals surface area contributed by atoms with Crippen molar-refractivity contribution in [2.75, 3.05) is 37.8 Å². The van der Waals surface area contributed by atoms with Crippen LogP contribution in [0.1, 0.15) is 38.5 Å². The zero-order valence-electron chi connectivity index (χ0n) is 14.3. The van der Waals surface area contributed by atoms with Gasteiger partial charge in [-0.3, -0.25) is 0 Å². The van der Waals surface area contributed by atoms with Crippen LogP contribution in [0.4, 0.5) is 16.3 Å². The van der Waals surface area contributed by atoms with Crippen molar-refractivity contribution in [2.24, 2.45) is 0 Å². The molecule has 0 spiro atoms. The molecule has 0 atom stereocenters. The molecule has 2 rings (SSSR count). The molecule has 1 aliphatic rings. The molecular weight excluding hydrogens is 290 g/mol. The van der Waals surface area contributed by atoms with E-state index in [9.17, 15) is 4.79 Å². The van der Waals surface area contributed by atoms with Gasteiger partial charge >= 0.3 is 6.03 Å². The zero-order chi connectivity index (χ0) is 16.5. The van der Waals surface area contributed by atoms with E-state index in [2.05, 4.69) is 39.9 Å². The molecule has 0 aliphatic heterocycles. The predicted octanol–water partition coefficient (Wildman–Crippen LogP) is 2.90. The van der Waals surface area contributed by atoms with Crippen LogP contribution in [0.25, 0.3) is 0 Å². The Kier molecular flexibility index (Phi) is 7.13. The number of nitrogens with one attached hydrogen (secondary N) is 3. The lowest BCUT2D eigenvalue weighted by Crippen LogP contribution is -2.39. The highest BCUT2D eigenvalue weighted by Crippen LogP contribution is 2.17. The average Bonchev–Trinajstić information content (AvgIpc) is 2.54. The summed E-state index contributed by atoms with van der Waals surface area (Å²) in [6.45, 7) is 1.94. The number of hydrogen-bond donors (Lipinski definition) is 3. The number of pyridine rings is 1. The number of aromatic nitrogens is 1. The zero-order valence-corrected chi connectivity index (χ0v) is 14.3. The number of urea groups is 1. The van der Waals surface area contributed by atoms with Gasteiger partial charge in [-0.1, -0.05) is 19.3 Å². The van der Waals surface area contributed by atoms with E-state index in [-0.39, 0.29) is 6.03 Å².